The molecule has 0 aromatic heterocycles. The molecule has 0 atom stereocenters. The lowest BCUT2D eigenvalue weighted by Gasteiger charge is -2.42. The van der Waals surface area contributed by atoms with E-state index in [0.717, 1.165) is 14.7 Å². The highest BCUT2D eigenvalue weighted by Gasteiger charge is 2.37. The summed E-state index contributed by atoms with van der Waals surface area (Å²) >= 11 is 2.21. The second-order valence-corrected chi connectivity index (χ2v) is 10.7. The summed E-state index contributed by atoms with van der Waals surface area (Å²) in [5, 5.41) is 0. The Kier molecular flexibility index (Phi) is 6.38. The molecule has 4 heteroatoms. The summed E-state index contributed by atoms with van der Waals surface area (Å²) in [6.07, 6.45) is 2.38. The molecule has 30 heavy (non-hydrogen) atoms. The molecule has 0 saturated carbocycles. The number of hydrogen-bond donors (Lipinski definition) is 0. The molecule has 0 amide bonds. The predicted octanol–water partition coefficient (Wildman–Crippen LogP) is 6.83. The first-order chi connectivity index (χ1) is 14.0. The summed E-state index contributed by atoms with van der Waals surface area (Å²) in [5.74, 6) is 0.294. The molecule has 0 saturated heterocycles. The number of carbonyl (C=O) groups excluding carboxylic acids is 1. The Hall–Kier alpha value is -1.82. The van der Waals surface area contributed by atoms with E-state index in [1.54, 1.807) is 12.1 Å². The Morgan fingerprint density at radius 3 is 2.27 bits per heavy atom. The van der Waals surface area contributed by atoms with Crippen LogP contribution in [0.3, 0.4) is 0 Å². The number of methoxy groups -OCH3 is 1. The third kappa shape index (κ3) is 4.43. The van der Waals surface area contributed by atoms with Crippen LogP contribution in [0.1, 0.15) is 73.1 Å². The van der Waals surface area contributed by atoms with Crippen molar-refractivity contribution in [2.45, 2.75) is 58.3 Å². The SMILES string of the molecule is C=C(COc1cc(C(=O)OC)ccc1I)c1cc2c(cc1C)C(C)(C)CCC2(C)C. The monoisotopic (exact) mass is 518 g/mol. The number of ether oxygens (including phenoxy) is 2. The standard InChI is InChI=1S/C26H31IO3/c1-16-12-20-21(26(5,6)11-10-25(20,3)4)14-19(16)17(2)15-30-23-13-18(24(28)29-7)8-9-22(23)27/h8-9,12-14H,2,10-11,15H2,1,3-7H3. The molecule has 0 unspecified atom stereocenters. The van der Waals surface area contributed by atoms with Gasteiger partial charge in [0.2, 0.25) is 0 Å². The average Bonchev–Trinajstić information content (AvgIpc) is 2.69. The summed E-state index contributed by atoms with van der Waals surface area (Å²) in [6, 6.07) is 10.0. The number of carbonyl (C=O) groups is 1. The van der Waals surface area contributed by atoms with Gasteiger partial charge >= 0.3 is 5.97 Å². The molecule has 1 aliphatic carbocycles. The van der Waals surface area contributed by atoms with E-state index in [1.165, 1.54) is 36.6 Å². The minimum atomic E-state index is -0.370. The smallest absolute Gasteiger partial charge is 0.337 e. The minimum absolute atomic E-state index is 0.151. The van der Waals surface area contributed by atoms with E-state index in [1.807, 2.05) is 6.07 Å². The predicted molar refractivity (Wildman–Crippen MR) is 131 cm³/mol. The highest BCUT2D eigenvalue weighted by Crippen LogP contribution is 2.47. The van der Waals surface area contributed by atoms with Crippen LogP contribution in [-0.2, 0) is 15.6 Å². The van der Waals surface area contributed by atoms with Gasteiger partial charge in [0.15, 0.2) is 0 Å². The fourth-order valence-electron chi connectivity index (χ4n) is 4.20. The molecule has 3 nitrogen and oxygen atoms in total. The fraction of sp³-hybridized carbons (Fsp3) is 0.423. The van der Waals surface area contributed by atoms with Gasteiger partial charge in [-0.05, 0) is 99.2 Å². The van der Waals surface area contributed by atoms with Crippen LogP contribution >= 0.6 is 22.6 Å². The van der Waals surface area contributed by atoms with E-state index in [0.29, 0.717) is 17.9 Å². The van der Waals surface area contributed by atoms with Gasteiger partial charge in [0.25, 0.3) is 0 Å². The van der Waals surface area contributed by atoms with Gasteiger partial charge in [0.1, 0.15) is 12.4 Å². The zero-order valence-corrected chi connectivity index (χ0v) is 21.0. The van der Waals surface area contributed by atoms with Crippen LogP contribution in [0.5, 0.6) is 5.75 Å². The number of benzene rings is 2. The van der Waals surface area contributed by atoms with Gasteiger partial charge in [-0.3, -0.25) is 0 Å². The van der Waals surface area contributed by atoms with Crippen molar-refractivity contribution in [1.82, 2.24) is 0 Å². The second-order valence-electron chi connectivity index (χ2n) is 9.51. The Balaban J connectivity index is 1.88. The van der Waals surface area contributed by atoms with Crippen molar-refractivity contribution < 1.29 is 14.3 Å². The maximum absolute atomic E-state index is 11.8. The molecule has 0 radical (unpaired) electrons. The third-order valence-electron chi connectivity index (χ3n) is 6.33. The summed E-state index contributed by atoms with van der Waals surface area (Å²) in [4.78, 5) is 11.8. The van der Waals surface area contributed by atoms with Gasteiger partial charge in [-0.1, -0.05) is 46.4 Å². The van der Waals surface area contributed by atoms with Gasteiger partial charge in [0, 0.05) is 0 Å². The van der Waals surface area contributed by atoms with Crippen molar-refractivity contribution in [3.05, 3.63) is 68.3 Å². The third-order valence-corrected chi connectivity index (χ3v) is 7.22. The van der Waals surface area contributed by atoms with Crippen molar-refractivity contribution in [3.8, 4) is 5.75 Å². The quantitative estimate of drug-likeness (QED) is 0.322. The number of esters is 1. The summed E-state index contributed by atoms with van der Waals surface area (Å²) in [5.41, 5.74) is 7.01. The van der Waals surface area contributed by atoms with Crippen LogP contribution < -0.4 is 4.74 Å². The lowest BCUT2D eigenvalue weighted by atomic mass is 9.62. The molecule has 1 aliphatic rings. The number of rotatable bonds is 5. The number of fused-ring (bicyclic) bond motifs is 1. The average molecular weight is 518 g/mol. The fourth-order valence-corrected chi connectivity index (χ4v) is 4.70. The first-order valence-corrected chi connectivity index (χ1v) is 11.4. The van der Waals surface area contributed by atoms with Crippen molar-refractivity contribution in [2.24, 2.45) is 0 Å². The van der Waals surface area contributed by atoms with Crippen molar-refractivity contribution >= 4 is 34.1 Å². The van der Waals surface area contributed by atoms with Gasteiger partial charge in [-0.2, -0.15) is 0 Å². The summed E-state index contributed by atoms with van der Waals surface area (Å²) < 4.78 is 11.8. The Morgan fingerprint density at radius 2 is 1.67 bits per heavy atom. The first kappa shape index (κ1) is 22.9. The number of hydrogen-bond acceptors (Lipinski definition) is 3. The van der Waals surface area contributed by atoms with E-state index in [9.17, 15) is 4.79 Å². The Labute approximate surface area is 194 Å². The number of halogens is 1. The zero-order chi connectivity index (χ0) is 22.3. The van der Waals surface area contributed by atoms with Crippen LogP contribution in [0.25, 0.3) is 5.57 Å². The molecular formula is C26H31IO3. The van der Waals surface area contributed by atoms with Gasteiger partial charge in [-0.15, -0.1) is 0 Å². The molecule has 0 aliphatic heterocycles. The van der Waals surface area contributed by atoms with E-state index < -0.39 is 0 Å². The van der Waals surface area contributed by atoms with E-state index in [4.69, 9.17) is 9.47 Å². The molecule has 160 valence electrons. The van der Waals surface area contributed by atoms with Gasteiger partial charge in [0.05, 0.1) is 16.2 Å². The van der Waals surface area contributed by atoms with E-state index >= 15 is 0 Å². The van der Waals surface area contributed by atoms with Crippen LogP contribution in [0.15, 0.2) is 36.9 Å². The Morgan fingerprint density at radius 1 is 1.07 bits per heavy atom. The molecule has 0 N–H and O–H groups in total. The molecule has 2 aromatic carbocycles. The first-order valence-electron chi connectivity index (χ1n) is 10.3. The topological polar surface area (TPSA) is 35.5 Å². The zero-order valence-electron chi connectivity index (χ0n) is 18.8. The van der Waals surface area contributed by atoms with Gasteiger partial charge < -0.3 is 9.47 Å². The lowest BCUT2D eigenvalue weighted by molar-refractivity contribution is 0.0600. The maximum Gasteiger partial charge on any atom is 0.337 e. The van der Waals surface area contributed by atoms with Crippen LogP contribution in [0, 0.1) is 10.5 Å². The van der Waals surface area contributed by atoms with Crippen molar-refractivity contribution in [1.29, 1.82) is 0 Å². The summed E-state index contributed by atoms with van der Waals surface area (Å²) in [6.45, 7) is 16.2. The normalized spacial score (nSPS) is 16.5. The maximum atomic E-state index is 11.8. The van der Waals surface area contributed by atoms with Crippen LogP contribution in [0.2, 0.25) is 0 Å². The highest BCUT2D eigenvalue weighted by molar-refractivity contribution is 14.1. The molecular weight excluding hydrogens is 487 g/mol. The minimum Gasteiger partial charge on any atom is -0.488 e. The van der Waals surface area contributed by atoms with Gasteiger partial charge in [-0.25, -0.2) is 4.79 Å². The largest absolute Gasteiger partial charge is 0.488 e. The summed E-state index contributed by atoms with van der Waals surface area (Å²) in [7, 11) is 1.38. The van der Waals surface area contributed by atoms with Crippen LogP contribution in [-0.4, -0.2) is 19.7 Å². The second kappa shape index (κ2) is 8.37. The molecule has 0 bridgehead atoms. The Bertz CT molecular complexity index is 1000. The molecule has 0 spiro atoms. The van der Waals surface area contributed by atoms with E-state index in [2.05, 4.69) is 75.9 Å². The highest BCUT2D eigenvalue weighted by atomic mass is 127. The number of aryl methyl sites for hydroxylation is 1. The molecule has 0 heterocycles. The van der Waals surface area contributed by atoms with Crippen LogP contribution in [0.4, 0.5) is 0 Å². The molecule has 2 aromatic rings. The van der Waals surface area contributed by atoms with Crippen molar-refractivity contribution in [2.75, 3.05) is 13.7 Å². The lowest BCUT2D eigenvalue weighted by Crippen LogP contribution is -2.34. The molecule has 0 fully saturated rings. The molecule has 3 rings (SSSR count). The van der Waals surface area contributed by atoms with Crippen molar-refractivity contribution in [3.63, 3.8) is 0 Å². The van der Waals surface area contributed by atoms with E-state index in [-0.39, 0.29) is 16.8 Å².